The molecule has 0 aromatic carbocycles. The fourth-order valence-corrected chi connectivity index (χ4v) is 4.97. The van der Waals surface area contributed by atoms with Crippen LogP contribution in [-0.2, 0) is 28.8 Å². The normalized spacial score (nSPS) is 18.1. The molecular formula is C32H62N10O6. The summed E-state index contributed by atoms with van der Waals surface area (Å²) in [5.74, 6) is -1.74. The fourth-order valence-electron chi connectivity index (χ4n) is 4.97. The van der Waals surface area contributed by atoms with Crippen LogP contribution in [0.4, 0.5) is 0 Å². The van der Waals surface area contributed by atoms with Crippen LogP contribution in [0.15, 0.2) is 0 Å². The average Bonchev–Trinajstić information content (AvgIpc) is 3.46. The predicted octanol–water partition coefficient (Wildman–Crippen LogP) is -1.59. The molecule has 3 amide bonds. The Hall–Kier alpha value is -2.86. The van der Waals surface area contributed by atoms with Crippen molar-refractivity contribution in [1.82, 2.24) is 37.0 Å². The number of rotatable bonds is 24. The van der Waals surface area contributed by atoms with E-state index in [1.165, 1.54) is 20.8 Å². The van der Waals surface area contributed by atoms with E-state index < -0.39 is 46.8 Å². The van der Waals surface area contributed by atoms with Crippen LogP contribution in [0.5, 0.6) is 0 Å². The van der Waals surface area contributed by atoms with Crippen molar-refractivity contribution in [3.05, 3.63) is 0 Å². The molecule has 0 aliphatic carbocycles. The zero-order chi connectivity index (χ0) is 36.7. The predicted molar refractivity (Wildman–Crippen MR) is 184 cm³/mol. The van der Waals surface area contributed by atoms with Gasteiger partial charge in [0.1, 0.15) is 29.9 Å². The van der Waals surface area contributed by atoms with E-state index in [0.717, 1.165) is 19.1 Å². The summed E-state index contributed by atoms with van der Waals surface area (Å²) >= 11 is 0. The maximum Gasteiger partial charge on any atom is 0.245 e. The number of nitrogens with one attached hydrogen (secondary N) is 6. The molecular weight excluding hydrogens is 620 g/mol. The fraction of sp³-hybridized carbons (Fsp3) is 0.812. The molecule has 48 heavy (non-hydrogen) atoms. The van der Waals surface area contributed by atoms with Gasteiger partial charge in [0.05, 0.1) is 29.7 Å². The van der Waals surface area contributed by atoms with Gasteiger partial charge in [-0.2, -0.15) is 0 Å². The Morgan fingerprint density at radius 2 is 1.54 bits per heavy atom. The molecule has 2 unspecified atom stereocenters. The second kappa shape index (κ2) is 20.0. The zero-order valence-electron chi connectivity index (χ0n) is 30.0. The lowest BCUT2D eigenvalue weighted by Crippen LogP contribution is -2.62. The second-order valence-corrected chi connectivity index (χ2v) is 14.0. The quantitative estimate of drug-likeness (QED) is 0.0317. The lowest BCUT2D eigenvalue weighted by molar-refractivity contribution is -0.135. The van der Waals surface area contributed by atoms with Crippen LogP contribution in [-0.4, -0.2) is 108 Å². The molecule has 276 valence electrons. The number of aldehydes is 1. The molecule has 1 aliphatic rings. The molecule has 1 saturated heterocycles. The summed E-state index contributed by atoms with van der Waals surface area (Å²) < 4.78 is 0. The van der Waals surface area contributed by atoms with Crippen LogP contribution in [0.3, 0.4) is 0 Å². The summed E-state index contributed by atoms with van der Waals surface area (Å²) in [6.07, 6.45) is 4.70. The molecule has 4 atom stereocenters. The summed E-state index contributed by atoms with van der Waals surface area (Å²) in [5.41, 5.74) is 16.8. The SMILES string of the molecule is CCC(C)(N)C(=O)CNC(=O)C(C)(C)NC(=O)C(CCCCNC(=O)[C@H](CCCNC(N)N)NN1CCC[C@H]1C=O)NC(C)(C)C(C)=O. The number of hydrogen-bond donors (Lipinski definition) is 9. The van der Waals surface area contributed by atoms with E-state index in [2.05, 4.69) is 32.0 Å². The lowest BCUT2D eigenvalue weighted by atomic mass is 9.94. The van der Waals surface area contributed by atoms with Crippen molar-refractivity contribution in [2.75, 3.05) is 26.2 Å². The van der Waals surface area contributed by atoms with Crippen molar-refractivity contribution < 1.29 is 28.8 Å². The highest BCUT2D eigenvalue weighted by Crippen LogP contribution is 2.15. The first-order valence-corrected chi connectivity index (χ1v) is 17.0. The van der Waals surface area contributed by atoms with Crippen molar-refractivity contribution >= 4 is 35.6 Å². The van der Waals surface area contributed by atoms with Crippen molar-refractivity contribution in [3.63, 3.8) is 0 Å². The number of Topliss-reactive ketones (excluding diaryl/α,β-unsaturated/α-hetero) is 2. The van der Waals surface area contributed by atoms with Crippen LogP contribution < -0.4 is 49.2 Å². The van der Waals surface area contributed by atoms with E-state index >= 15 is 0 Å². The number of nitrogens with two attached hydrogens (primary N) is 3. The third-order valence-electron chi connectivity index (χ3n) is 8.88. The van der Waals surface area contributed by atoms with Crippen LogP contribution in [0.25, 0.3) is 0 Å². The van der Waals surface area contributed by atoms with Gasteiger partial charge in [0, 0.05) is 13.1 Å². The summed E-state index contributed by atoms with van der Waals surface area (Å²) in [5, 5.41) is 16.1. The highest BCUT2D eigenvalue weighted by molar-refractivity contribution is 5.96. The Balaban J connectivity index is 2.82. The molecule has 1 aliphatic heterocycles. The number of unbranched alkanes of at least 4 members (excludes halogenated alkanes) is 1. The minimum atomic E-state index is -1.37. The average molecular weight is 683 g/mol. The van der Waals surface area contributed by atoms with Gasteiger partial charge in [-0.05, 0) is 99.5 Å². The molecule has 16 heteroatoms. The van der Waals surface area contributed by atoms with Crippen LogP contribution in [0.1, 0.15) is 99.8 Å². The van der Waals surface area contributed by atoms with E-state index in [1.54, 1.807) is 27.7 Å². The summed E-state index contributed by atoms with van der Waals surface area (Å²) in [6.45, 7) is 12.5. The molecule has 0 saturated carbocycles. The second-order valence-electron chi connectivity index (χ2n) is 14.0. The minimum Gasteiger partial charge on any atom is -0.355 e. The number of amides is 3. The van der Waals surface area contributed by atoms with Gasteiger partial charge in [-0.3, -0.25) is 34.6 Å². The minimum absolute atomic E-state index is 0.166. The highest BCUT2D eigenvalue weighted by Gasteiger charge is 2.36. The van der Waals surface area contributed by atoms with E-state index in [-0.39, 0.29) is 30.1 Å². The molecule has 1 heterocycles. The van der Waals surface area contributed by atoms with E-state index in [1.807, 2.05) is 5.01 Å². The maximum absolute atomic E-state index is 13.5. The Morgan fingerprint density at radius 3 is 2.12 bits per heavy atom. The number of ketones is 2. The first-order valence-electron chi connectivity index (χ1n) is 17.0. The molecule has 0 spiro atoms. The Kier molecular flexibility index (Phi) is 18.0. The summed E-state index contributed by atoms with van der Waals surface area (Å²) in [4.78, 5) is 75.7. The van der Waals surface area contributed by atoms with E-state index in [9.17, 15) is 28.8 Å². The highest BCUT2D eigenvalue weighted by atomic mass is 16.2. The Bertz CT molecular complexity index is 1100. The van der Waals surface area contributed by atoms with Gasteiger partial charge < -0.3 is 37.9 Å². The Labute approximate surface area is 285 Å². The smallest absolute Gasteiger partial charge is 0.245 e. The van der Waals surface area contributed by atoms with Gasteiger partial charge in [-0.25, -0.2) is 10.4 Å². The molecule has 0 aromatic heterocycles. The monoisotopic (exact) mass is 682 g/mol. The van der Waals surface area contributed by atoms with Gasteiger partial charge in [0.15, 0.2) is 5.78 Å². The van der Waals surface area contributed by atoms with E-state index in [4.69, 9.17) is 17.2 Å². The van der Waals surface area contributed by atoms with Gasteiger partial charge in [-0.15, -0.1) is 0 Å². The molecule has 16 nitrogen and oxygen atoms in total. The van der Waals surface area contributed by atoms with Crippen LogP contribution in [0, 0.1) is 0 Å². The molecule has 0 aromatic rings. The van der Waals surface area contributed by atoms with Gasteiger partial charge in [-0.1, -0.05) is 6.92 Å². The molecule has 0 radical (unpaired) electrons. The third-order valence-corrected chi connectivity index (χ3v) is 8.88. The van der Waals surface area contributed by atoms with Gasteiger partial charge >= 0.3 is 0 Å². The summed E-state index contributed by atoms with van der Waals surface area (Å²) in [7, 11) is 0. The molecule has 12 N–H and O–H groups in total. The van der Waals surface area contributed by atoms with E-state index in [0.29, 0.717) is 58.2 Å². The Morgan fingerprint density at radius 1 is 0.896 bits per heavy atom. The first kappa shape index (κ1) is 43.2. The number of carbonyl (C=O) groups excluding carboxylic acids is 6. The van der Waals surface area contributed by atoms with Crippen LogP contribution in [0.2, 0.25) is 0 Å². The van der Waals surface area contributed by atoms with Crippen molar-refractivity contribution in [2.45, 2.75) is 141 Å². The van der Waals surface area contributed by atoms with Gasteiger partial charge in [0.25, 0.3) is 0 Å². The molecule has 1 rings (SSSR count). The maximum atomic E-state index is 13.5. The third kappa shape index (κ3) is 14.7. The molecule has 1 fully saturated rings. The van der Waals surface area contributed by atoms with Crippen molar-refractivity contribution in [1.29, 1.82) is 0 Å². The lowest BCUT2D eigenvalue weighted by Gasteiger charge is -2.32. The van der Waals surface area contributed by atoms with Crippen molar-refractivity contribution in [3.8, 4) is 0 Å². The standard InChI is InChI=1S/C32H62N10O6/c1-8-32(7,35)25(45)19-38-28(48)31(5,6)40-27(47)23(39-30(3,4)21(2)44)14-9-10-16-36-26(46)24(15-11-17-37-29(33)34)41-42-18-12-13-22(42)20-43/h20,22-24,29,37,39,41H,8-19,33-35H2,1-7H3,(H,36,46)(H,38,48)(H,40,47)/t22-,23?,24-,32?/m0/s1. The van der Waals surface area contributed by atoms with Crippen LogP contribution >= 0.6 is 0 Å². The summed E-state index contributed by atoms with van der Waals surface area (Å²) in [6, 6.07) is -1.68. The van der Waals surface area contributed by atoms with Crippen molar-refractivity contribution in [2.24, 2.45) is 17.2 Å². The number of hydrazine groups is 1. The zero-order valence-corrected chi connectivity index (χ0v) is 30.0. The number of hydrogen-bond acceptors (Lipinski definition) is 13. The first-order chi connectivity index (χ1) is 22.3. The number of carbonyl (C=O) groups is 6. The number of nitrogens with zero attached hydrogens (tertiary/aromatic N) is 1. The van der Waals surface area contributed by atoms with Gasteiger partial charge in [0.2, 0.25) is 17.7 Å². The topological polar surface area (TPSA) is 256 Å². The largest absolute Gasteiger partial charge is 0.355 e. The molecule has 0 bridgehead atoms.